The SMILES string of the molecule is CC1=C(C)C([Si](C)(C)N(C)C)C(C)=C1C. The molecule has 0 aromatic rings. The van der Waals surface area contributed by atoms with Crippen molar-refractivity contribution in [3.8, 4) is 0 Å². The van der Waals surface area contributed by atoms with Gasteiger partial charge >= 0.3 is 0 Å². The summed E-state index contributed by atoms with van der Waals surface area (Å²) in [5.41, 5.74) is 6.98. The molecule has 15 heavy (non-hydrogen) atoms. The first-order valence-corrected chi connectivity index (χ1v) is 8.76. The number of rotatable bonds is 2. The van der Waals surface area contributed by atoms with Crippen molar-refractivity contribution >= 4 is 8.24 Å². The fourth-order valence-electron chi connectivity index (χ4n) is 2.67. The first kappa shape index (κ1) is 12.7. The summed E-state index contributed by atoms with van der Waals surface area (Å²) in [5.74, 6) is 0. The second kappa shape index (κ2) is 3.91. The van der Waals surface area contributed by atoms with Crippen LogP contribution in [0.5, 0.6) is 0 Å². The van der Waals surface area contributed by atoms with Crippen molar-refractivity contribution in [3.63, 3.8) is 0 Å². The molecular formula is C13H25NSi. The minimum atomic E-state index is -1.34. The molecule has 1 nitrogen and oxygen atoms in total. The Labute approximate surface area is 96.0 Å². The maximum absolute atomic E-state index is 2.47. The summed E-state index contributed by atoms with van der Waals surface area (Å²) in [6, 6.07) is 0. The van der Waals surface area contributed by atoms with E-state index in [2.05, 4.69) is 59.4 Å². The largest absolute Gasteiger partial charge is 0.329 e. The van der Waals surface area contributed by atoms with Gasteiger partial charge < -0.3 is 4.57 Å². The predicted molar refractivity (Wildman–Crippen MR) is 71.7 cm³/mol. The Bertz CT molecular complexity index is 310. The summed E-state index contributed by atoms with van der Waals surface area (Å²) in [5, 5.41) is 0. The zero-order valence-corrected chi connectivity index (χ0v) is 12.5. The molecule has 1 rings (SSSR count). The molecule has 86 valence electrons. The van der Waals surface area contributed by atoms with Gasteiger partial charge in [0.25, 0.3) is 0 Å². The van der Waals surface area contributed by atoms with Gasteiger partial charge in [-0.15, -0.1) is 0 Å². The molecule has 0 aromatic carbocycles. The van der Waals surface area contributed by atoms with Gasteiger partial charge in [-0.3, -0.25) is 0 Å². The Morgan fingerprint density at radius 2 is 1.20 bits per heavy atom. The number of allylic oxidation sites excluding steroid dienone is 4. The molecule has 1 aliphatic rings. The average Bonchev–Trinajstić information content (AvgIpc) is 2.31. The van der Waals surface area contributed by atoms with Gasteiger partial charge in [-0.2, -0.15) is 0 Å². The molecule has 0 N–H and O–H groups in total. The summed E-state index contributed by atoms with van der Waals surface area (Å²) in [6.07, 6.45) is 0. The lowest BCUT2D eigenvalue weighted by atomic mass is 10.1. The third-order valence-electron chi connectivity index (χ3n) is 4.47. The van der Waals surface area contributed by atoms with Crippen LogP contribution in [0.15, 0.2) is 22.3 Å². The van der Waals surface area contributed by atoms with E-state index in [1.807, 2.05) is 0 Å². The predicted octanol–water partition coefficient (Wildman–Crippen LogP) is 3.81. The van der Waals surface area contributed by atoms with E-state index in [1.165, 1.54) is 11.1 Å². The van der Waals surface area contributed by atoms with Crippen LogP contribution in [0, 0.1) is 0 Å². The van der Waals surface area contributed by atoms with Crippen LogP contribution in [0.1, 0.15) is 27.7 Å². The minimum Gasteiger partial charge on any atom is -0.329 e. The molecule has 0 spiro atoms. The van der Waals surface area contributed by atoms with Crippen LogP contribution in [-0.2, 0) is 0 Å². The van der Waals surface area contributed by atoms with Crippen molar-refractivity contribution in [1.29, 1.82) is 0 Å². The van der Waals surface area contributed by atoms with Crippen LogP contribution < -0.4 is 0 Å². The van der Waals surface area contributed by atoms with E-state index < -0.39 is 8.24 Å². The third kappa shape index (κ3) is 1.85. The van der Waals surface area contributed by atoms with Crippen LogP contribution in [-0.4, -0.2) is 26.9 Å². The molecule has 0 radical (unpaired) electrons. The Balaban J connectivity index is 3.20. The lowest BCUT2D eigenvalue weighted by Gasteiger charge is -2.38. The van der Waals surface area contributed by atoms with Gasteiger partial charge in [0, 0.05) is 5.54 Å². The maximum atomic E-state index is 2.47. The van der Waals surface area contributed by atoms with Crippen LogP contribution >= 0.6 is 0 Å². The fourth-order valence-corrected chi connectivity index (χ4v) is 5.74. The zero-order valence-electron chi connectivity index (χ0n) is 11.5. The second-order valence-corrected chi connectivity index (χ2v) is 10.4. The van der Waals surface area contributed by atoms with Crippen molar-refractivity contribution in [2.24, 2.45) is 0 Å². The third-order valence-corrected chi connectivity index (χ3v) is 9.05. The standard InChI is InChI=1S/C13H25NSi/c1-9-10(2)12(4)13(11(9)3)15(7,8)14(5)6/h13H,1-8H3. The van der Waals surface area contributed by atoms with E-state index in [1.54, 1.807) is 11.1 Å². The highest BCUT2D eigenvalue weighted by Crippen LogP contribution is 2.46. The van der Waals surface area contributed by atoms with Crippen LogP contribution in [0.3, 0.4) is 0 Å². The van der Waals surface area contributed by atoms with Crippen LogP contribution in [0.25, 0.3) is 0 Å². The van der Waals surface area contributed by atoms with E-state index in [0.717, 1.165) is 0 Å². The fraction of sp³-hybridized carbons (Fsp3) is 0.692. The normalized spacial score (nSPS) is 19.8. The van der Waals surface area contributed by atoms with Gasteiger partial charge in [-0.25, -0.2) is 0 Å². The molecule has 0 aliphatic heterocycles. The van der Waals surface area contributed by atoms with E-state index in [9.17, 15) is 0 Å². The van der Waals surface area contributed by atoms with Gasteiger partial charge in [0.15, 0.2) is 0 Å². The Morgan fingerprint density at radius 1 is 0.867 bits per heavy atom. The molecule has 1 aliphatic carbocycles. The van der Waals surface area contributed by atoms with E-state index in [4.69, 9.17) is 0 Å². The second-order valence-electron chi connectivity index (χ2n) is 5.60. The average molecular weight is 223 g/mol. The summed E-state index contributed by atoms with van der Waals surface area (Å²) < 4.78 is 2.47. The Hall–Kier alpha value is -0.343. The first-order chi connectivity index (χ1) is 6.71. The number of nitrogens with zero attached hydrogens (tertiary/aromatic N) is 1. The van der Waals surface area contributed by atoms with Crippen LogP contribution in [0.2, 0.25) is 18.6 Å². The van der Waals surface area contributed by atoms with Crippen molar-refractivity contribution in [3.05, 3.63) is 22.3 Å². The number of hydrogen-bond donors (Lipinski definition) is 0. The molecule has 0 bridgehead atoms. The van der Waals surface area contributed by atoms with Crippen molar-refractivity contribution in [1.82, 2.24) is 4.57 Å². The Morgan fingerprint density at radius 3 is 1.47 bits per heavy atom. The molecule has 0 unspecified atom stereocenters. The van der Waals surface area contributed by atoms with Crippen LogP contribution in [0.4, 0.5) is 0 Å². The topological polar surface area (TPSA) is 3.24 Å². The first-order valence-electron chi connectivity index (χ1n) is 5.73. The van der Waals surface area contributed by atoms with E-state index in [-0.39, 0.29) is 0 Å². The van der Waals surface area contributed by atoms with Crippen molar-refractivity contribution in [2.45, 2.75) is 46.3 Å². The monoisotopic (exact) mass is 223 g/mol. The highest BCUT2D eigenvalue weighted by Gasteiger charge is 2.40. The van der Waals surface area contributed by atoms with Crippen molar-refractivity contribution in [2.75, 3.05) is 14.1 Å². The van der Waals surface area contributed by atoms with E-state index >= 15 is 0 Å². The minimum absolute atomic E-state index is 0.715. The summed E-state index contributed by atoms with van der Waals surface area (Å²) in [7, 11) is 3.12. The Kier molecular flexibility index (Phi) is 3.32. The molecule has 0 atom stereocenters. The highest BCUT2D eigenvalue weighted by molar-refractivity contribution is 6.77. The van der Waals surface area contributed by atoms with Gasteiger partial charge in [-0.05, 0) is 52.9 Å². The molecule has 0 saturated heterocycles. The van der Waals surface area contributed by atoms with E-state index in [0.29, 0.717) is 5.54 Å². The zero-order chi connectivity index (χ0) is 12.0. The highest BCUT2D eigenvalue weighted by atomic mass is 28.3. The maximum Gasteiger partial charge on any atom is 0.132 e. The molecular weight excluding hydrogens is 198 g/mol. The molecule has 0 fully saturated rings. The molecule has 0 amide bonds. The van der Waals surface area contributed by atoms with Gasteiger partial charge in [0.1, 0.15) is 8.24 Å². The summed E-state index contributed by atoms with van der Waals surface area (Å²) >= 11 is 0. The summed E-state index contributed by atoms with van der Waals surface area (Å²) in [4.78, 5) is 0. The molecule has 0 saturated carbocycles. The quantitative estimate of drug-likeness (QED) is 0.644. The number of hydrogen-bond acceptors (Lipinski definition) is 1. The van der Waals surface area contributed by atoms with Gasteiger partial charge in [0.2, 0.25) is 0 Å². The lowest BCUT2D eigenvalue weighted by molar-refractivity contribution is 0.609. The van der Waals surface area contributed by atoms with Gasteiger partial charge in [-0.1, -0.05) is 24.2 Å². The smallest absolute Gasteiger partial charge is 0.132 e. The molecule has 0 heterocycles. The molecule has 2 heteroatoms. The molecule has 0 aromatic heterocycles. The summed E-state index contributed by atoms with van der Waals surface area (Å²) in [6.45, 7) is 14.1. The van der Waals surface area contributed by atoms with Gasteiger partial charge in [0.05, 0.1) is 0 Å². The van der Waals surface area contributed by atoms with Crippen molar-refractivity contribution < 1.29 is 0 Å². The lowest BCUT2D eigenvalue weighted by Crippen LogP contribution is -2.48.